The van der Waals surface area contributed by atoms with Gasteiger partial charge in [0.2, 0.25) is 17.6 Å². The first-order chi connectivity index (χ1) is 24.9. The second-order valence-electron chi connectivity index (χ2n) is 12.0. The van der Waals surface area contributed by atoms with Crippen molar-refractivity contribution in [2.75, 3.05) is 53.2 Å². The van der Waals surface area contributed by atoms with E-state index in [9.17, 15) is 36.7 Å². The number of imidazole rings is 1. The van der Waals surface area contributed by atoms with Crippen LogP contribution in [-0.4, -0.2) is 89.0 Å². The van der Waals surface area contributed by atoms with Crippen LogP contribution in [0.5, 0.6) is 0 Å². The zero-order chi connectivity index (χ0) is 36.7. The molecule has 7 rings (SSSR count). The molecule has 0 aliphatic carbocycles. The molecule has 1 fully saturated rings. The summed E-state index contributed by atoms with van der Waals surface area (Å²) in [6.07, 6.45) is 0.376. The maximum atomic E-state index is 14.7. The van der Waals surface area contributed by atoms with Gasteiger partial charge in [0.05, 0.1) is 35.5 Å². The van der Waals surface area contributed by atoms with Crippen molar-refractivity contribution in [2.45, 2.75) is 39.2 Å². The van der Waals surface area contributed by atoms with Crippen molar-refractivity contribution >= 4 is 57.3 Å². The Hall–Kier alpha value is -5.86. The molecule has 0 spiro atoms. The highest BCUT2D eigenvalue weighted by Gasteiger charge is 2.33. The average molecular weight is 743 g/mol. The van der Waals surface area contributed by atoms with Gasteiger partial charge in [0.1, 0.15) is 18.0 Å². The molecule has 16 nitrogen and oxygen atoms in total. The van der Waals surface area contributed by atoms with E-state index >= 15 is 0 Å². The van der Waals surface area contributed by atoms with Gasteiger partial charge in [-0.25, -0.2) is 14.4 Å². The first-order valence-corrected chi connectivity index (χ1v) is 17.0. The first kappa shape index (κ1) is 34.6. The number of amides is 3. The molecule has 1 saturated heterocycles. The fourth-order valence-electron chi connectivity index (χ4n) is 6.25. The van der Waals surface area contributed by atoms with E-state index in [1.165, 1.54) is 27.0 Å². The highest BCUT2D eigenvalue weighted by molar-refractivity contribution is 7.13. The van der Waals surface area contributed by atoms with Crippen LogP contribution in [0.25, 0.3) is 5.78 Å². The molecule has 1 aromatic carbocycles. The highest BCUT2D eigenvalue weighted by atomic mass is 32.1. The molecule has 272 valence electrons. The molecule has 2 N–H and O–H groups in total. The average Bonchev–Trinajstić information content (AvgIpc) is 3.91. The molecule has 0 saturated carbocycles. The first-order valence-electron chi connectivity index (χ1n) is 16.1. The van der Waals surface area contributed by atoms with Gasteiger partial charge >= 0.3 is 18.0 Å². The standard InChI is InChI=1S/C31H30F4N12O4S/c1-2-22-24(42-6-8-43(9-7-42)27(51)25(49)39-29-37-5-12-52-29)26(50)47-30(40-28(41-47)44-10-11-45-17-36-14-19(45)15-44)46(22)16-23(48)38-21-4-3-18(13-20(21)32)31(33,34)35/h3-5,12-14,17H,2,6-11,15-16H2,1H3,(H,38,48)(H,37,39,49). The summed E-state index contributed by atoms with van der Waals surface area (Å²) in [5.74, 6) is -3.42. The number of hydrogen-bond donors (Lipinski definition) is 2. The maximum absolute atomic E-state index is 14.7. The van der Waals surface area contributed by atoms with E-state index in [-0.39, 0.29) is 55.1 Å². The number of rotatable bonds is 7. The number of thiazole rings is 1. The van der Waals surface area contributed by atoms with Crippen LogP contribution in [0, 0.1) is 5.82 Å². The summed E-state index contributed by atoms with van der Waals surface area (Å²) in [5.41, 5.74) is -0.712. The summed E-state index contributed by atoms with van der Waals surface area (Å²) < 4.78 is 58.6. The molecule has 6 heterocycles. The fraction of sp³-hybridized carbons (Fsp3) is 0.355. The number of benzene rings is 1. The summed E-state index contributed by atoms with van der Waals surface area (Å²) in [6.45, 7) is 3.28. The molecule has 2 aliphatic heterocycles. The van der Waals surface area contributed by atoms with Gasteiger partial charge in [-0.1, -0.05) is 6.92 Å². The predicted octanol–water partition coefficient (Wildman–Crippen LogP) is 2.21. The van der Waals surface area contributed by atoms with Gasteiger partial charge in [0, 0.05) is 57.0 Å². The molecule has 5 aromatic rings. The van der Waals surface area contributed by atoms with Crippen LogP contribution in [0.4, 0.5) is 40.0 Å². The number of piperazine rings is 1. The third-order valence-electron chi connectivity index (χ3n) is 8.80. The number of hydrogen-bond acceptors (Lipinski definition) is 11. The third kappa shape index (κ3) is 6.65. The minimum atomic E-state index is -4.77. The lowest BCUT2D eigenvalue weighted by Crippen LogP contribution is -2.53. The predicted molar refractivity (Wildman–Crippen MR) is 179 cm³/mol. The van der Waals surface area contributed by atoms with E-state index in [1.807, 2.05) is 9.47 Å². The largest absolute Gasteiger partial charge is 0.416 e. The zero-order valence-corrected chi connectivity index (χ0v) is 28.2. The molecule has 2 aliphatic rings. The van der Waals surface area contributed by atoms with Crippen molar-refractivity contribution in [3.63, 3.8) is 0 Å². The van der Waals surface area contributed by atoms with Gasteiger partial charge in [0.25, 0.3) is 5.56 Å². The summed E-state index contributed by atoms with van der Waals surface area (Å²) in [5, 5.41) is 11.3. The van der Waals surface area contributed by atoms with Gasteiger partial charge in [-0.2, -0.15) is 22.7 Å². The summed E-state index contributed by atoms with van der Waals surface area (Å²) in [6, 6.07) is 1.79. The van der Waals surface area contributed by atoms with Crippen molar-refractivity contribution in [1.82, 2.24) is 38.6 Å². The van der Waals surface area contributed by atoms with Crippen molar-refractivity contribution < 1.29 is 31.9 Å². The maximum Gasteiger partial charge on any atom is 0.416 e. The molecule has 0 atom stereocenters. The van der Waals surface area contributed by atoms with Crippen molar-refractivity contribution in [3.05, 3.63) is 75.4 Å². The lowest BCUT2D eigenvalue weighted by Gasteiger charge is -2.36. The number of aromatic nitrogens is 7. The normalized spacial score (nSPS) is 14.8. The monoisotopic (exact) mass is 742 g/mol. The lowest BCUT2D eigenvalue weighted by molar-refractivity contribution is -0.143. The minimum absolute atomic E-state index is 0.0235. The molecule has 21 heteroatoms. The third-order valence-corrected chi connectivity index (χ3v) is 9.49. The molecular formula is C31H30F4N12O4S. The zero-order valence-electron chi connectivity index (χ0n) is 27.4. The molecule has 3 amide bonds. The van der Waals surface area contributed by atoms with Crippen LogP contribution in [0.15, 0.2) is 47.1 Å². The van der Waals surface area contributed by atoms with E-state index in [0.29, 0.717) is 37.5 Å². The molecule has 0 bridgehead atoms. The van der Waals surface area contributed by atoms with Crippen LogP contribution in [0.2, 0.25) is 0 Å². The summed E-state index contributed by atoms with van der Waals surface area (Å²) in [7, 11) is 0. The van der Waals surface area contributed by atoms with Gasteiger partial charge < -0.3 is 29.2 Å². The van der Waals surface area contributed by atoms with E-state index < -0.39 is 53.1 Å². The Bertz CT molecular complexity index is 2220. The van der Waals surface area contributed by atoms with Crippen molar-refractivity contribution in [1.29, 1.82) is 0 Å². The van der Waals surface area contributed by atoms with Gasteiger partial charge in [-0.05, 0) is 24.6 Å². The molecule has 4 aromatic heterocycles. The SMILES string of the molecule is CCc1c(N2CCN(C(=O)C(=O)Nc3nccs3)CC2)c(=O)n2nc(N3CCn4cncc4C3)nc2n1CC(=O)Nc1ccc(C(F)(F)F)cc1F. The van der Waals surface area contributed by atoms with E-state index in [4.69, 9.17) is 0 Å². The summed E-state index contributed by atoms with van der Waals surface area (Å²) in [4.78, 5) is 70.9. The number of nitrogens with zero attached hydrogens (tertiary/aromatic N) is 10. The molecule has 52 heavy (non-hydrogen) atoms. The lowest BCUT2D eigenvalue weighted by atomic mass is 10.2. The van der Waals surface area contributed by atoms with Crippen LogP contribution in [0.1, 0.15) is 23.9 Å². The van der Waals surface area contributed by atoms with Crippen molar-refractivity contribution in [3.8, 4) is 0 Å². The second kappa shape index (κ2) is 13.7. The molecule has 0 radical (unpaired) electrons. The number of alkyl halides is 3. The number of carbonyl (C=O) groups excluding carboxylic acids is 3. The quantitative estimate of drug-likeness (QED) is 0.187. The number of fused-ring (bicyclic) bond motifs is 2. The number of anilines is 4. The van der Waals surface area contributed by atoms with Crippen LogP contribution < -0.4 is 26.0 Å². The second-order valence-corrected chi connectivity index (χ2v) is 12.9. The molecule has 0 unspecified atom stereocenters. The van der Waals surface area contributed by atoms with E-state index in [2.05, 4.69) is 30.7 Å². The smallest absolute Gasteiger partial charge is 0.362 e. The number of nitrogens with one attached hydrogen (secondary N) is 2. The van der Waals surface area contributed by atoms with Crippen molar-refractivity contribution in [2.24, 2.45) is 0 Å². The van der Waals surface area contributed by atoms with Crippen LogP contribution >= 0.6 is 11.3 Å². The number of halogens is 4. The Morgan fingerprint density at radius 2 is 1.79 bits per heavy atom. The Morgan fingerprint density at radius 1 is 1.02 bits per heavy atom. The fourth-order valence-corrected chi connectivity index (χ4v) is 6.77. The van der Waals surface area contributed by atoms with Crippen LogP contribution in [-0.2, 0) is 46.6 Å². The molecular weight excluding hydrogens is 712 g/mol. The Kier molecular flexibility index (Phi) is 9.11. The Morgan fingerprint density at radius 3 is 2.48 bits per heavy atom. The van der Waals surface area contributed by atoms with Gasteiger partial charge in [-0.3, -0.25) is 24.5 Å². The highest BCUT2D eigenvalue weighted by Crippen LogP contribution is 2.31. The van der Waals surface area contributed by atoms with Crippen LogP contribution in [0.3, 0.4) is 0 Å². The van der Waals surface area contributed by atoms with Gasteiger partial charge in [-0.15, -0.1) is 16.4 Å². The van der Waals surface area contributed by atoms with E-state index in [1.54, 1.807) is 29.7 Å². The minimum Gasteiger partial charge on any atom is -0.362 e. The Labute approximate surface area is 295 Å². The van der Waals surface area contributed by atoms with E-state index in [0.717, 1.165) is 16.3 Å². The Balaban J connectivity index is 1.20. The number of carbonyl (C=O) groups is 3. The summed E-state index contributed by atoms with van der Waals surface area (Å²) >= 11 is 1.17. The topological polar surface area (TPSA) is 168 Å². The van der Waals surface area contributed by atoms with Gasteiger partial charge in [0.15, 0.2) is 5.13 Å².